The molecule has 1 N–H and O–H groups in total. The van der Waals surface area contributed by atoms with Crippen LogP contribution in [-0.4, -0.2) is 20.4 Å². The molecule has 0 aliphatic rings. The minimum Gasteiger partial charge on any atom is -0.370 e. The first-order valence-corrected chi connectivity index (χ1v) is 6.66. The molecule has 0 bridgehead atoms. The van der Waals surface area contributed by atoms with Gasteiger partial charge in [-0.3, -0.25) is 5.32 Å². The quantitative estimate of drug-likeness (QED) is 0.638. The number of methoxy groups -OCH3 is 1. The van der Waals surface area contributed by atoms with Gasteiger partial charge in [0.25, 0.3) is 0 Å². The van der Waals surface area contributed by atoms with Crippen LogP contribution in [0.5, 0.6) is 0 Å². The highest BCUT2D eigenvalue weighted by atomic mass is 16.5. The van der Waals surface area contributed by atoms with Crippen molar-refractivity contribution in [2.75, 3.05) is 20.4 Å². The molecule has 0 radical (unpaired) electrons. The number of rotatable bonds is 5. The molecule has 2 nitrogen and oxygen atoms in total. The molecule has 0 aliphatic heterocycles. The maximum absolute atomic E-state index is 4.99. The molecule has 18 heavy (non-hydrogen) atoms. The van der Waals surface area contributed by atoms with Gasteiger partial charge >= 0.3 is 0 Å². The summed E-state index contributed by atoms with van der Waals surface area (Å²) in [5, 5.41) is 3.26. The number of hydrogen-bond donors (Lipinski definition) is 1. The van der Waals surface area contributed by atoms with Gasteiger partial charge in [-0.1, -0.05) is 32.9 Å². The van der Waals surface area contributed by atoms with E-state index in [1.165, 1.54) is 22.3 Å². The molecular weight excluding hydrogens is 222 g/mol. The second-order valence-corrected chi connectivity index (χ2v) is 6.02. The molecule has 0 atom stereocenters. The maximum atomic E-state index is 4.99. The summed E-state index contributed by atoms with van der Waals surface area (Å²) in [7, 11) is 1.71. The Kier molecular flexibility index (Phi) is 5.36. The predicted molar refractivity (Wildman–Crippen MR) is 78.2 cm³/mol. The third kappa shape index (κ3) is 4.11. The Labute approximate surface area is 112 Å². The largest absolute Gasteiger partial charge is 0.370 e. The van der Waals surface area contributed by atoms with Crippen LogP contribution in [0.3, 0.4) is 0 Å². The molecule has 0 fully saturated rings. The maximum Gasteiger partial charge on any atom is 0.0961 e. The third-order valence-electron chi connectivity index (χ3n) is 3.36. The highest BCUT2D eigenvalue weighted by Crippen LogP contribution is 2.26. The van der Waals surface area contributed by atoms with Crippen molar-refractivity contribution in [1.82, 2.24) is 5.32 Å². The Morgan fingerprint density at radius 1 is 1.11 bits per heavy atom. The smallest absolute Gasteiger partial charge is 0.0961 e. The lowest BCUT2D eigenvalue weighted by molar-refractivity contribution is 0.176. The van der Waals surface area contributed by atoms with Gasteiger partial charge in [0.2, 0.25) is 0 Å². The van der Waals surface area contributed by atoms with Crippen molar-refractivity contribution >= 4 is 0 Å². The molecule has 1 aromatic rings. The Bertz CT molecular complexity index is 368. The summed E-state index contributed by atoms with van der Waals surface area (Å²) < 4.78 is 4.99. The molecule has 0 heterocycles. The molecule has 0 aliphatic carbocycles. The predicted octanol–water partition coefficient (Wildman–Crippen LogP) is 3.34. The summed E-state index contributed by atoms with van der Waals surface area (Å²) in [6.45, 7) is 12.8. The highest BCUT2D eigenvalue weighted by molar-refractivity contribution is 5.40. The summed E-state index contributed by atoms with van der Waals surface area (Å²) in [5.41, 5.74) is 5.92. The van der Waals surface area contributed by atoms with Gasteiger partial charge in [-0.25, -0.2) is 0 Å². The van der Waals surface area contributed by atoms with Gasteiger partial charge in [0.15, 0.2) is 0 Å². The topological polar surface area (TPSA) is 21.3 Å². The summed E-state index contributed by atoms with van der Waals surface area (Å²) >= 11 is 0. The van der Waals surface area contributed by atoms with Gasteiger partial charge in [0.05, 0.1) is 6.73 Å². The first kappa shape index (κ1) is 15.2. The zero-order valence-electron chi connectivity index (χ0n) is 12.7. The van der Waals surface area contributed by atoms with E-state index < -0.39 is 0 Å². The summed E-state index contributed by atoms with van der Waals surface area (Å²) in [4.78, 5) is 0. The van der Waals surface area contributed by atoms with E-state index >= 15 is 0 Å². The van der Waals surface area contributed by atoms with E-state index in [0.717, 1.165) is 13.0 Å². The first-order valence-electron chi connectivity index (χ1n) is 6.66. The lowest BCUT2D eigenvalue weighted by Crippen LogP contribution is -2.20. The van der Waals surface area contributed by atoms with Crippen molar-refractivity contribution < 1.29 is 4.74 Å². The normalized spacial score (nSPS) is 11.9. The third-order valence-corrected chi connectivity index (χ3v) is 3.36. The Balaban J connectivity index is 2.82. The van der Waals surface area contributed by atoms with Gasteiger partial charge in [0.1, 0.15) is 0 Å². The molecule has 0 spiro atoms. The van der Waals surface area contributed by atoms with Crippen LogP contribution in [0, 0.1) is 13.8 Å². The van der Waals surface area contributed by atoms with E-state index in [4.69, 9.17) is 4.74 Å². The van der Waals surface area contributed by atoms with Crippen LogP contribution in [0.2, 0.25) is 0 Å². The fourth-order valence-corrected chi connectivity index (χ4v) is 2.21. The molecule has 0 unspecified atom stereocenters. The Morgan fingerprint density at radius 2 is 1.67 bits per heavy atom. The van der Waals surface area contributed by atoms with E-state index in [-0.39, 0.29) is 5.41 Å². The monoisotopic (exact) mass is 249 g/mol. The van der Waals surface area contributed by atoms with E-state index in [1.807, 2.05) is 0 Å². The van der Waals surface area contributed by atoms with Gasteiger partial charge in [-0.2, -0.15) is 0 Å². The molecule has 0 saturated carbocycles. The van der Waals surface area contributed by atoms with Gasteiger partial charge in [-0.15, -0.1) is 0 Å². The highest BCUT2D eigenvalue weighted by Gasteiger charge is 2.15. The molecule has 1 aromatic carbocycles. The molecular formula is C16H27NO. The summed E-state index contributed by atoms with van der Waals surface area (Å²) in [5.74, 6) is 0. The minimum absolute atomic E-state index is 0.225. The van der Waals surface area contributed by atoms with Crippen molar-refractivity contribution in [3.05, 3.63) is 34.4 Å². The molecule has 0 aromatic heterocycles. The molecule has 0 amide bonds. The van der Waals surface area contributed by atoms with E-state index in [9.17, 15) is 0 Å². The fourth-order valence-electron chi connectivity index (χ4n) is 2.21. The average Bonchev–Trinajstić information content (AvgIpc) is 2.25. The molecule has 2 heteroatoms. The number of ether oxygens (including phenoxy) is 1. The number of benzene rings is 1. The van der Waals surface area contributed by atoms with Crippen molar-refractivity contribution in [1.29, 1.82) is 0 Å². The van der Waals surface area contributed by atoms with Crippen molar-refractivity contribution in [2.45, 2.75) is 46.5 Å². The first-order chi connectivity index (χ1) is 8.36. The summed E-state index contributed by atoms with van der Waals surface area (Å²) in [6.07, 6.45) is 1.06. The van der Waals surface area contributed by atoms with Crippen LogP contribution < -0.4 is 5.32 Å². The second kappa shape index (κ2) is 6.35. The van der Waals surface area contributed by atoms with Gasteiger partial charge in [0, 0.05) is 13.7 Å². The van der Waals surface area contributed by atoms with E-state index in [0.29, 0.717) is 6.73 Å². The fraction of sp³-hybridized carbons (Fsp3) is 0.625. The lowest BCUT2D eigenvalue weighted by atomic mass is 9.83. The zero-order valence-corrected chi connectivity index (χ0v) is 12.7. The zero-order chi connectivity index (χ0) is 13.8. The van der Waals surface area contributed by atoms with Gasteiger partial charge in [-0.05, 0) is 47.9 Å². The minimum atomic E-state index is 0.225. The van der Waals surface area contributed by atoms with Crippen molar-refractivity contribution in [3.8, 4) is 0 Å². The number of nitrogens with one attached hydrogen (secondary N) is 1. The van der Waals surface area contributed by atoms with E-state index in [2.05, 4.69) is 52.1 Å². The molecule has 1 rings (SSSR count). The summed E-state index contributed by atoms with van der Waals surface area (Å²) in [6, 6.07) is 4.66. The Hall–Kier alpha value is -0.860. The number of hydrogen-bond acceptors (Lipinski definition) is 2. The van der Waals surface area contributed by atoms with Crippen molar-refractivity contribution in [3.63, 3.8) is 0 Å². The van der Waals surface area contributed by atoms with Crippen LogP contribution in [0.25, 0.3) is 0 Å². The van der Waals surface area contributed by atoms with Crippen LogP contribution in [0.4, 0.5) is 0 Å². The SMILES string of the molecule is COCNCCc1c(C)cc(C(C)(C)C)cc1C. The van der Waals surface area contributed by atoms with Crippen LogP contribution in [-0.2, 0) is 16.6 Å². The van der Waals surface area contributed by atoms with Crippen LogP contribution in [0.1, 0.15) is 43.0 Å². The average molecular weight is 249 g/mol. The number of aryl methyl sites for hydroxylation is 2. The lowest BCUT2D eigenvalue weighted by Gasteiger charge is -2.22. The van der Waals surface area contributed by atoms with Crippen LogP contribution >= 0.6 is 0 Å². The van der Waals surface area contributed by atoms with Gasteiger partial charge < -0.3 is 4.74 Å². The molecule has 0 saturated heterocycles. The van der Waals surface area contributed by atoms with Crippen molar-refractivity contribution in [2.24, 2.45) is 0 Å². The van der Waals surface area contributed by atoms with Crippen LogP contribution in [0.15, 0.2) is 12.1 Å². The standard InChI is InChI=1S/C16H27NO/c1-12-9-14(16(3,4)5)10-13(2)15(12)7-8-17-11-18-6/h9-10,17H,7-8,11H2,1-6H3. The molecule has 102 valence electrons. The second-order valence-electron chi connectivity index (χ2n) is 6.02. The van der Waals surface area contributed by atoms with E-state index in [1.54, 1.807) is 7.11 Å². The Morgan fingerprint density at radius 3 is 2.11 bits per heavy atom.